The molecule has 1 aromatic heterocycles. The Bertz CT molecular complexity index is 1180. The number of urea groups is 1. The van der Waals surface area contributed by atoms with E-state index in [2.05, 4.69) is 15.5 Å². The number of nitrogens with zero attached hydrogens (tertiary/aromatic N) is 3. The molecular formula is C24H24F2N4O3. The highest BCUT2D eigenvalue weighted by Gasteiger charge is 2.35. The molecule has 1 aliphatic rings. The molecule has 0 saturated heterocycles. The molecule has 0 spiro atoms. The van der Waals surface area contributed by atoms with Crippen LogP contribution in [0, 0.1) is 11.6 Å². The summed E-state index contributed by atoms with van der Waals surface area (Å²) in [7, 11) is 0. The summed E-state index contributed by atoms with van der Waals surface area (Å²) in [5.41, 5.74) is 2.15. The number of nitrogens with one attached hydrogen (secondary N) is 1. The van der Waals surface area contributed by atoms with Crippen molar-refractivity contribution in [3.05, 3.63) is 77.3 Å². The number of hydrogen-bond donors (Lipinski definition) is 1. The molecule has 2 amide bonds. The van der Waals surface area contributed by atoms with Crippen molar-refractivity contribution in [2.75, 3.05) is 19.8 Å². The minimum atomic E-state index is -0.697. The van der Waals surface area contributed by atoms with E-state index < -0.39 is 17.7 Å². The second-order valence-electron chi connectivity index (χ2n) is 7.57. The summed E-state index contributed by atoms with van der Waals surface area (Å²) >= 11 is 0. The predicted molar refractivity (Wildman–Crippen MR) is 118 cm³/mol. The second kappa shape index (κ2) is 9.91. The van der Waals surface area contributed by atoms with Crippen molar-refractivity contribution in [2.24, 2.45) is 0 Å². The zero-order chi connectivity index (χ0) is 23.4. The van der Waals surface area contributed by atoms with Gasteiger partial charge in [0, 0.05) is 31.0 Å². The Balaban J connectivity index is 1.75. The first-order valence-electron chi connectivity index (χ1n) is 10.7. The fourth-order valence-electron chi connectivity index (χ4n) is 3.81. The number of rotatable bonds is 8. The van der Waals surface area contributed by atoms with E-state index in [4.69, 9.17) is 9.26 Å². The zero-order valence-corrected chi connectivity index (χ0v) is 18.3. The Kier molecular flexibility index (Phi) is 6.79. The number of benzene rings is 2. The van der Waals surface area contributed by atoms with Crippen LogP contribution in [0.1, 0.15) is 37.8 Å². The SMILES string of the molecule is CCOCCCN1C(=O)NC(c2cccc(F)c2)C(c2nc(-c3cccc(F)c3)no2)=C1C. The third-order valence-electron chi connectivity index (χ3n) is 5.39. The fourth-order valence-corrected chi connectivity index (χ4v) is 3.81. The standard InChI is InChI=1S/C24H24F2N4O3/c1-3-32-12-6-11-30-15(2)20(21(27-24(30)31)16-7-4-9-18(25)13-16)23-28-22(29-33-23)17-8-5-10-19(26)14-17/h4-5,7-10,13-14,21H,3,6,11-12H2,1-2H3,(H,27,31). The van der Waals surface area contributed by atoms with Crippen molar-refractivity contribution < 1.29 is 22.8 Å². The quantitative estimate of drug-likeness (QED) is 0.488. The molecule has 1 unspecified atom stereocenters. The number of aromatic nitrogens is 2. The molecule has 1 aliphatic heterocycles. The maximum Gasteiger partial charge on any atom is 0.322 e. The Morgan fingerprint density at radius 3 is 2.64 bits per heavy atom. The van der Waals surface area contributed by atoms with E-state index >= 15 is 0 Å². The second-order valence-corrected chi connectivity index (χ2v) is 7.57. The van der Waals surface area contributed by atoms with E-state index in [1.165, 1.54) is 24.3 Å². The normalized spacial score (nSPS) is 16.3. The van der Waals surface area contributed by atoms with Crippen LogP contribution in [0.15, 0.2) is 58.8 Å². The number of amides is 2. The number of ether oxygens (including phenoxy) is 1. The van der Waals surface area contributed by atoms with Gasteiger partial charge in [-0.3, -0.25) is 4.90 Å². The molecule has 3 aromatic rings. The maximum atomic E-state index is 14.0. The van der Waals surface area contributed by atoms with Crippen LogP contribution in [0.3, 0.4) is 0 Å². The summed E-state index contributed by atoms with van der Waals surface area (Å²) in [4.78, 5) is 19.0. The monoisotopic (exact) mass is 454 g/mol. The van der Waals surface area contributed by atoms with Gasteiger partial charge in [-0.2, -0.15) is 4.98 Å². The van der Waals surface area contributed by atoms with E-state index in [9.17, 15) is 13.6 Å². The van der Waals surface area contributed by atoms with Gasteiger partial charge in [-0.05, 0) is 50.1 Å². The van der Waals surface area contributed by atoms with Crippen molar-refractivity contribution in [2.45, 2.75) is 26.3 Å². The minimum Gasteiger partial charge on any atom is -0.382 e. The molecule has 33 heavy (non-hydrogen) atoms. The summed E-state index contributed by atoms with van der Waals surface area (Å²) < 4.78 is 38.6. The molecule has 2 aromatic carbocycles. The molecular weight excluding hydrogens is 430 g/mol. The Morgan fingerprint density at radius 2 is 1.91 bits per heavy atom. The number of carbonyl (C=O) groups is 1. The van der Waals surface area contributed by atoms with Gasteiger partial charge in [0.2, 0.25) is 5.82 Å². The Labute approximate surface area is 190 Å². The van der Waals surface area contributed by atoms with Crippen molar-refractivity contribution in [1.29, 1.82) is 0 Å². The highest BCUT2D eigenvalue weighted by atomic mass is 19.1. The van der Waals surface area contributed by atoms with Gasteiger partial charge in [-0.1, -0.05) is 29.4 Å². The summed E-state index contributed by atoms with van der Waals surface area (Å²) in [5.74, 6) is -0.473. The maximum absolute atomic E-state index is 14.0. The topological polar surface area (TPSA) is 80.5 Å². The number of carbonyl (C=O) groups excluding carboxylic acids is 1. The lowest BCUT2D eigenvalue weighted by Crippen LogP contribution is -2.46. The number of halogens is 2. The van der Waals surface area contributed by atoms with Crippen LogP contribution in [0.2, 0.25) is 0 Å². The average Bonchev–Trinajstić information content (AvgIpc) is 3.28. The van der Waals surface area contributed by atoms with Crippen LogP contribution in [-0.2, 0) is 4.74 Å². The summed E-state index contributed by atoms with van der Waals surface area (Å²) in [6.07, 6.45) is 0.634. The highest BCUT2D eigenvalue weighted by Crippen LogP contribution is 2.37. The van der Waals surface area contributed by atoms with Crippen LogP contribution in [-0.4, -0.2) is 40.8 Å². The summed E-state index contributed by atoms with van der Waals surface area (Å²) in [5, 5.41) is 6.92. The molecule has 172 valence electrons. The first-order valence-corrected chi connectivity index (χ1v) is 10.7. The molecule has 1 N–H and O–H groups in total. The van der Waals surface area contributed by atoms with Crippen LogP contribution < -0.4 is 5.32 Å². The first-order chi connectivity index (χ1) is 16.0. The van der Waals surface area contributed by atoms with Gasteiger partial charge in [0.15, 0.2) is 0 Å². The van der Waals surface area contributed by atoms with Crippen LogP contribution in [0.25, 0.3) is 17.0 Å². The minimum absolute atomic E-state index is 0.163. The molecule has 2 heterocycles. The van der Waals surface area contributed by atoms with Crippen molar-refractivity contribution >= 4 is 11.6 Å². The van der Waals surface area contributed by atoms with E-state index in [0.717, 1.165) is 0 Å². The molecule has 0 radical (unpaired) electrons. The fraction of sp³-hybridized carbons (Fsp3) is 0.292. The first kappa shape index (κ1) is 22.6. The molecule has 9 heteroatoms. The van der Waals surface area contributed by atoms with E-state index in [0.29, 0.717) is 48.6 Å². The van der Waals surface area contributed by atoms with E-state index in [1.807, 2.05) is 6.92 Å². The molecule has 1 atom stereocenters. The van der Waals surface area contributed by atoms with Gasteiger partial charge in [0.05, 0.1) is 11.6 Å². The molecule has 0 bridgehead atoms. The Hall–Kier alpha value is -3.59. The lowest BCUT2D eigenvalue weighted by atomic mass is 9.94. The Morgan fingerprint density at radius 1 is 1.15 bits per heavy atom. The number of hydrogen-bond acceptors (Lipinski definition) is 5. The third-order valence-corrected chi connectivity index (χ3v) is 5.39. The van der Waals surface area contributed by atoms with Gasteiger partial charge in [-0.25, -0.2) is 13.6 Å². The van der Waals surface area contributed by atoms with Crippen LogP contribution in [0.5, 0.6) is 0 Å². The summed E-state index contributed by atoms with van der Waals surface area (Å²) in [6, 6.07) is 10.8. The molecule has 7 nitrogen and oxygen atoms in total. The van der Waals surface area contributed by atoms with Gasteiger partial charge >= 0.3 is 6.03 Å². The smallest absolute Gasteiger partial charge is 0.322 e. The predicted octanol–water partition coefficient (Wildman–Crippen LogP) is 4.94. The third kappa shape index (κ3) is 4.93. The molecule has 4 rings (SSSR count). The molecule has 0 aliphatic carbocycles. The average molecular weight is 454 g/mol. The van der Waals surface area contributed by atoms with Crippen molar-refractivity contribution in [3.8, 4) is 11.4 Å². The van der Waals surface area contributed by atoms with Gasteiger partial charge in [-0.15, -0.1) is 0 Å². The lowest BCUT2D eigenvalue weighted by Gasteiger charge is -2.35. The van der Waals surface area contributed by atoms with Gasteiger partial charge in [0.1, 0.15) is 11.6 Å². The lowest BCUT2D eigenvalue weighted by molar-refractivity contribution is 0.136. The highest BCUT2D eigenvalue weighted by molar-refractivity contribution is 5.86. The van der Waals surface area contributed by atoms with Gasteiger partial charge in [0.25, 0.3) is 5.89 Å². The molecule has 0 saturated carbocycles. The largest absolute Gasteiger partial charge is 0.382 e. The van der Waals surface area contributed by atoms with Gasteiger partial charge < -0.3 is 14.6 Å². The van der Waals surface area contributed by atoms with Crippen molar-refractivity contribution in [1.82, 2.24) is 20.4 Å². The molecule has 0 fully saturated rings. The summed E-state index contributed by atoms with van der Waals surface area (Å²) in [6.45, 7) is 5.22. The zero-order valence-electron chi connectivity index (χ0n) is 18.3. The van der Waals surface area contributed by atoms with Crippen LogP contribution >= 0.6 is 0 Å². The van der Waals surface area contributed by atoms with E-state index in [-0.39, 0.29) is 17.7 Å². The van der Waals surface area contributed by atoms with Crippen LogP contribution in [0.4, 0.5) is 13.6 Å². The van der Waals surface area contributed by atoms with E-state index in [1.54, 1.807) is 36.1 Å². The number of allylic oxidation sites excluding steroid dienone is 1. The van der Waals surface area contributed by atoms with Crippen molar-refractivity contribution in [3.63, 3.8) is 0 Å².